The van der Waals surface area contributed by atoms with Crippen LogP contribution < -0.4 is 0 Å². The third kappa shape index (κ3) is 3.91. The molecule has 0 bridgehead atoms. The first kappa shape index (κ1) is 14.2. The molecule has 0 aliphatic heterocycles. The molecule has 0 amide bonds. The van der Waals surface area contributed by atoms with Crippen LogP contribution in [0.1, 0.15) is 40.0 Å². The van der Waals surface area contributed by atoms with E-state index in [0.717, 1.165) is 19.3 Å². The number of carboxylic acid groups (broad SMARTS) is 1. The molecule has 0 spiro atoms. The summed E-state index contributed by atoms with van der Waals surface area (Å²) in [7, 11) is 0. The summed E-state index contributed by atoms with van der Waals surface area (Å²) < 4.78 is 4.80. The Morgan fingerprint density at radius 2 is 1.58 bits per heavy atom. The Hall–Kier alpha value is -0.300. The first-order valence-electron chi connectivity index (χ1n) is 4.02. The van der Waals surface area contributed by atoms with Gasteiger partial charge in [-0.1, -0.05) is 20.8 Å². The van der Waals surface area contributed by atoms with Gasteiger partial charge in [-0.05, 0) is 19.3 Å². The molecule has 0 rings (SSSR count). The molecule has 0 aromatic carbocycles. The van der Waals surface area contributed by atoms with E-state index in [1.807, 2.05) is 20.8 Å². The van der Waals surface area contributed by atoms with Crippen molar-refractivity contribution in [1.29, 1.82) is 0 Å². The molecule has 1 unspecified atom stereocenters. The van der Waals surface area contributed by atoms with Crippen LogP contribution in [0, 0.1) is 0 Å². The number of ether oxygens (including phenoxy) is 1. The molecule has 3 nitrogen and oxygen atoms in total. The largest absolute Gasteiger partial charge is 0.506 e. The van der Waals surface area contributed by atoms with Crippen LogP contribution in [0.4, 0.5) is 4.79 Å². The molecule has 0 aliphatic rings. The number of hydrogen-bond donors (Lipinski definition) is 1. The second kappa shape index (κ2) is 6.24. The maximum absolute atomic E-state index is 10.3. The lowest BCUT2D eigenvalue weighted by atomic mass is 9.94. The van der Waals surface area contributed by atoms with Gasteiger partial charge >= 0.3 is 6.16 Å². The fourth-order valence-corrected chi connectivity index (χ4v) is 1.15. The summed E-state index contributed by atoms with van der Waals surface area (Å²) in [5, 5.41) is 8.42. The van der Waals surface area contributed by atoms with Gasteiger partial charge in [0.2, 0.25) is 0 Å². The third-order valence-electron chi connectivity index (χ3n) is 2.24. The van der Waals surface area contributed by atoms with Gasteiger partial charge in [0.1, 0.15) is 5.60 Å². The second-order valence-electron chi connectivity index (χ2n) is 2.61. The van der Waals surface area contributed by atoms with E-state index in [-0.39, 0.29) is 9.90 Å². The predicted octanol–water partition coefficient (Wildman–Crippen LogP) is 2.71. The minimum absolute atomic E-state index is 0. The highest BCUT2D eigenvalue weighted by molar-refractivity contribution is 6.92. The van der Waals surface area contributed by atoms with Gasteiger partial charge in [-0.2, -0.15) is 9.90 Å². The van der Waals surface area contributed by atoms with Crippen molar-refractivity contribution in [3.63, 3.8) is 0 Å². The molecule has 0 heterocycles. The highest BCUT2D eigenvalue weighted by atomic mass is 31.0. The fourth-order valence-electron chi connectivity index (χ4n) is 1.15. The topological polar surface area (TPSA) is 46.5 Å². The summed E-state index contributed by atoms with van der Waals surface area (Å²) >= 11 is 0. The van der Waals surface area contributed by atoms with E-state index in [1.165, 1.54) is 0 Å². The van der Waals surface area contributed by atoms with Gasteiger partial charge in [-0.3, -0.25) is 0 Å². The Labute approximate surface area is 77.1 Å². The molecule has 1 N–H and O–H groups in total. The number of rotatable bonds is 4. The molecular weight excluding hydrogens is 175 g/mol. The van der Waals surface area contributed by atoms with Gasteiger partial charge in [0.05, 0.1) is 0 Å². The first-order chi connectivity index (χ1) is 5.10. The quantitative estimate of drug-likeness (QED) is 0.552. The number of hydrogen-bond acceptors (Lipinski definition) is 2. The summed E-state index contributed by atoms with van der Waals surface area (Å²) in [5.74, 6) is 0. The Morgan fingerprint density at radius 1 is 1.25 bits per heavy atom. The first-order valence-corrected chi connectivity index (χ1v) is 4.02. The molecule has 0 aromatic rings. The van der Waals surface area contributed by atoms with E-state index in [9.17, 15) is 4.79 Å². The van der Waals surface area contributed by atoms with Crippen LogP contribution in [0.5, 0.6) is 0 Å². The Kier molecular flexibility index (Phi) is 7.41. The van der Waals surface area contributed by atoms with Gasteiger partial charge < -0.3 is 9.84 Å². The molecule has 0 aromatic heterocycles. The highest BCUT2D eigenvalue weighted by Gasteiger charge is 2.27. The Morgan fingerprint density at radius 3 is 1.67 bits per heavy atom. The van der Waals surface area contributed by atoms with Gasteiger partial charge in [0, 0.05) is 0 Å². The predicted molar refractivity (Wildman–Crippen MR) is 53.8 cm³/mol. The van der Waals surface area contributed by atoms with Crippen molar-refractivity contribution in [1.82, 2.24) is 0 Å². The van der Waals surface area contributed by atoms with Crippen LogP contribution >= 0.6 is 9.90 Å². The molecule has 1 atom stereocenters. The normalized spacial score (nSPS) is 10.2. The Bertz CT molecular complexity index is 124. The maximum atomic E-state index is 10.3. The van der Waals surface area contributed by atoms with Crippen molar-refractivity contribution < 1.29 is 14.6 Å². The molecular formula is C8H19O3P. The maximum Gasteiger partial charge on any atom is 0.506 e. The minimum Gasteiger partial charge on any atom is -0.450 e. The zero-order valence-electron chi connectivity index (χ0n) is 8.09. The van der Waals surface area contributed by atoms with E-state index in [1.54, 1.807) is 0 Å². The van der Waals surface area contributed by atoms with Gasteiger partial charge in [-0.25, -0.2) is 4.79 Å². The highest BCUT2D eigenvalue weighted by Crippen LogP contribution is 2.24. The summed E-state index contributed by atoms with van der Waals surface area (Å²) in [6, 6.07) is 0. The molecule has 0 radical (unpaired) electrons. The van der Waals surface area contributed by atoms with E-state index in [4.69, 9.17) is 9.84 Å². The molecule has 0 saturated carbocycles. The van der Waals surface area contributed by atoms with Crippen molar-refractivity contribution >= 4 is 16.1 Å². The summed E-state index contributed by atoms with van der Waals surface area (Å²) in [4.78, 5) is 10.3. The number of carbonyl (C=O) groups is 1. The van der Waals surface area contributed by atoms with E-state index in [2.05, 4.69) is 0 Å². The average molecular weight is 194 g/mol. The van der Waals surface area contributed by atoms with E-state index < -0.39 is 11.8 Å². The van der Waals surface area contributed by atoms with Gasteiger partial charge in [0.25, 0.3) is 0 Å². The summed E-state index contributed by atoms with van der Waals surface area (Å²) in [5.41, 5.74) is -0.453. The van der Waals surface area contributed by atoms with Gasteiger partial charge in [0.15, 0.2) is 0 Å². The van der Waals surface area contributed by atoms with Crippen LogP contribution in [-0.4, -0.2) is 16.9 Å². The lowest BCUT2D eigenvalue weighted by molar-refractivity contribution is -0.0266. The standard InChI is InChI=1S/C8H16O3.H3P/c1-4-8(5-2,6-3)11-7(9)10;/h4-6H2,1-3H3,(H,9,10);1H3. The zero-order chi connectivity index (χ0) is 8.91. The molecule has 4 heteroatoms. The Balaban J connectivity index is 0. The summed E-state index contributed by atoms with van der Waals surface area (Å²) in [6.45, 7) is 5.82. The van der Waals surface area contributed by atoms with Crippen molar-refractivity contribution in [2.75, 3.05) is 0 Å². The van der Waals surface area contributed by atoms with Crippen LogP contribution in [0.3, 0.4) is 0 Å². The monoisotopic (exact) mass is 194 g/mol. The second-order valence-corrected chi connectivity index (χ2v) is 2.61. The van der Waals surface area contributed by atoms with Crippen molar-refractivity contribution in [2.45, 2.75) is 45.6 Å². The fraction of sp³-hybridized carbons (Fsp3) is 0.875. The van der Waals surface area contributed by atoms with Crippen LogP contribution in [0.25, 0.3) is 0 Å². The van der Waals surface area contributed by atoms with Crippen LogP contribution in [0.2, 0.25) is 0 Å². The molecule has 0 saturated heterocycles. The smallest absolute Gasteiger partial charge is 0.450 e. The zero-order valence-corrected chi connectivity index (χ0v) is 9.51. The van der Waals surface area contributed by atoms with Crippen molar-refractivity contribution in [2.24, 2.45) is 0 Å². The summed E-state index contributed by atoms with van der Waals surface area (Å²) in [6.07, 6.45) is 1.06. The average Bonchev–Trinajstić information content (AvgIpc) is 2.00. The minimum atomic E-state index is -1.17. The third-order valence-corrected chi connectivity index (χ3v) is 2.24. The van der Waals surface area contributed by atoms with E-state index >= 15 is 0 Å². The van der Waals surface area contributed by atoms with Crippen molar-refractivity contribution in [3.05, 3.63) is 0 Å². The van der Waals surface area contributed by atoms with Crippen LogP contribution in [0.15, 0.2) is 0 Å². The van der Waals surface area contributed by atoms with E-state index in [0.29, 0.717) is 0 Å². The molecule has 0 aliphatic carbocycles. The SMILES string of the molecule is CCC(CC)(CC)OC(=O)O.P. The molecule has 0 fully saturated rings. The lowest BCUT2D eigenvalue weighted by Gasteiger charge is -2.28. The lowest BCUT2D eigenvalue weighted by Crippen LogP contribution is -2.32. The molecule has 74 valence electrons. The van der Waals surface area contributed by atoms with Crippen molar-refractivity contribution in [3.8, 4) is 0 Å². The molecule has 12 heavy (non-hydrogen) atoms. The van der Waals surface area contributed by atoms with Crippen LogP contribution in [-0.2, 0) is 4.74 Å². The van der Waals surface area contributed by atoms with Gasteiger partial charge in [-0.15, -0.1) is 0 Å².